The third kappa shape index (κ3) is 9.19. The van der Waals surface area contributed by atoms with Crippen LogP contribution in [0.3, 0.4) is 0 Å². The number of aliphatic imine (C=N–C) groups is 1. The van der Waals surface area contributed by atoms with Gasteiger partial charge in [-0.2, -0.15) is 11.8 Å². The molecule has 1 saturated heterocycles. The van der Waals surface area contributed by atoms with Crippen molar-refractivity contribution in [3.63, 3.8) is 0 Å². The molecule has 0 aromatic carbocycles. The van der Waals surface area contributed by atoms with E-state index in [2.05, 4.69) is 21.9 Å². The molecule has 1 amide bonds. The van der Waals surface area contributed by atoms with Crippen molar-refractivity contribution >= 4 is 47.8 Å². The molecular weight excluding hydrogens is 439 g/mol. The van der Waals surface area contributed by atoms with Gasteiger partial charge in [-0.25, -0.2) is 4.79 Å². The summed E-state index contributed by atoms with van der Waals surface area (Å²) in [6.07, 6.45) is 5.04. The van der Waals surface area contributed by atoms with Gasteiger partial charge in [0, 0.05) is 32.4 Å². The van der Waals surface area contributed by atoms with E-state index in [1.807, 2.05) is 25.7 Å². The Morgan fingerprint density at radius 1 is 1.33 bits per heavy atom. The Hall–Kier alpha value is -0.380. The van der Waals surface area contributed by atoms with E-state index in [0.717, 1.165) is 44.1 Å². The second kappa shape index (κ2) is 12.1. The van der Waals surface area contributed by atoms with Crippen LogP contribution in [0.25, 0.3) is 0 Å². The maximum absolute atomic E-state index is 12.4. The third-order valence-corrected chi connectivity index (χ3v) is 4.19. The van der Waals surface area contributed by atoms with Crippen molar-refractivity contribution in [2.75, 3.05) is 38.7 Å². The molecule has 0 saturated carbocycles. The molecule has 1 atom stereocenters. The van der Waals surface area contributed by atoms with E-state index in [1.165, 1.54) is 0 Å². The molecule has 2 N–H and O–H groups in total. The quantitative estimate of drug-likeness (QED) is 0.279. The summed E-state index contributed by atoms with van der Waals surface area (Å²) < 4.78 is 5.53. The van der Waals surface area contributed by atoms with Crippen LogP contribution in [0.2, 0.25) is 0 Å². The first-order valence-corrected chi connectivity index (χ1v) is 9.70. The van der Waals surface area contributed by atoms with E-state index in [1.54, 1.807) is 18.8 Å². The first-order valence-electron chi connectivity index (χ1n) is 8.30. The Bertz CT molecular complexity index is 402. The van der Waals surface area contributed by atoms with E-state index in [9.17, 15) is 4.79 Å². The fourth-order valence-electron chi connectivity index (χ4n) is 2.48. The number of guanidine groups is 1. The van der Waals surface area contributed by atoms with Gasteiger partial charge < -0.3 is 20.3 Å². The molecule has 6 nitrogen and oxygen atoms in total. The van der Waals surface area contributed by atoms with E-state index in [-0.39, 0.29) is 36.1 Å². The predicted molar refractivity (Wildman–Crippen MR) is 114 cm³/mol. The first kappa shape index (κ1) is 23.6. The summed E-state index contributed by atoms with van der Waals surface area (Å²) in [4.78, 5) is 18.5. The molecule has 0 radical (unpaired) electrons. The van der Waals surface area contributed by atoms with Crippen molar-refractivity contribution in [1.29, 1.82) is 0 Å². The number of nitrogens with one attached hydrogen (secondary N) is 2. The van der Waals surface area contributed by atoms with E-state index in [0.29, 0.717) is 6.54 Å². The highest BCUT2D eigenvalue weighted by Gasteiger charge is 2.30. The molecule has 0 spiro atoms. The maximum atomic E-state index is 12.4. The van der Waals surface area contributed by atoms with Crippen LogP contribution >= 0.6 is 35.7 Å². The van der Waals surface area contributed by atoms with Gasteiger partial charge in [-0.05, 0) is 46.3 Å². The first-order chi connectivity index (χ1) is 10.9. The molecule has 1 aliphatic rings. The van der Waals surface area contributed by atoms with Crippen LogP contribution in [-0.4, -0.2) is 67.3 Å². The van der Waals surface area contributed by atoms with Gasteiger partial charge >= 0.3 is 6.09 Å². The highest BCUT2D eigenvalue weighted by molar-refractivity contribution is 14.0. The number of piperidine rings is 1. The Labute approximate surface area is 168 Å². The molecule has 0 aliphatic carbocycles. The lowest BCUT2D eigenvalue weighted by atomic mass is 10.0. The Balaban J connectivity index is 0.00000529. The Kier molecular flexibility index (Phi) is 11.9. The van der Waals surface area contributed by atoms with Gasteiger partial charge in [0.05, 0.1) is 6.04 Å². The summed E-state index contributed by atoms with van der Waals surface area (Å²) in [5.41, 5.74) is -0.456. The van der Waals surface area contributed by atoms with Crippen LogP contribution in [0.1, 0.15) is 40.0 Å². The lowest BCUT2D eigenvalue weighted by Crippen LogP contribution is -2.52. The molecule has 142 valence electrons. The van der Waals surface area contributed by atoms with Gasteiger partial charge in [0.1, 0.15) is 5.60 Å². The van der Waals surface area contributed by atoms with Gasteiger partial charge in [0.25, 0.3) is 0 Å². The van der Waals surface area contributed by atoms with Crippen LogP contribution in [-0.2, 0) is 4.74 Å². The van der Waals surface area contributed by atoms with Crippen molar-refractivity contribution < 1.29 is 9.53 Å². The molecule has 1 aliphatic heterocycles. The third-order valence-electron chi connectivity index (χ3n) is 3.58. The summed E-state index contributed by atoms with van der Waals surface area (Å²) in [7, 11) is 1.76. The minimum Gasteiger partial charge on any atom is -0.444 e. The topological polar surface area (TPSA) is 66.0 Å². The number of thioether (sulfide) groups is 1. The largest absolute Gasteiger partial charge is 0.444 e. The zero-order valence-electron chi connectivity index (χ0n) is 15.6. The average Bonchev–Trinajstić information content (AvgIpc) is 2.49. The molecule has 8 heteroatoms. The standard InChI is InChI=1S/C16H32N4O2S.HI/c1-16(2,3)22-15(21)20-10-7-6-8-13(20)12-19-14(17-4)18-9-11-23-5;/h13H,6-12H2,1-5H3,(H2,17,18,19);1H. The van der Waals surface area contributed by atoms with Crippen LogP contribution < -0.4 is 10.6 Å². The number of halogens is 1. The van der Waals surface area contributed by atoms with Crippen molar-refractivity contribution in [2.45, 2.75) is 51.7 Å². The summed E-state index contributed by atoms with van der Waals surface area (Å²) in [5.74, 6) is 1.82. The molecule has 1 fully saturated rings. The number of amides is 1. The lowest BCUT2D eigenvalue weighted by Gasteiger charge is -2.37. The van der Waals surface area contributed by atoms with Gasteiger partial charge in [-0.15, -0.1) is 24.0 Å². The molecule has 0 aromatic rings. The fourth-order valence-corrected chi connectivity index (χ4v) is 2.79. The van der Waals surface area contributed by atoms with E-state index >= 15 is 0 Å². The number of nitrogens with zero attached hydrogens (tertiary/aromatic N) is 2. The van der Waals surface area contributed by atoms with Crippen molar-refractivity contribution in [2.24, 2.45) is 4.99 Å². The smallest absolute Gasteiger partial charge is 0.410 e. The van der Waals surface area contributed by atoms with Gasteiger partial charge in [0.15, 0.2) is 5.96 Å². The van der Waals surface area contributed by atoms with Crippen molar-refractivity contribution in [1.82, 2.24) is 15.5 Å². The number of ether oxygens (including phenoxy) is 1. The highest BCUT2D eigenvalue weighted by atomic mass is 127. The van der Waals surface area contributed by atoms with Gasteiger partial charge in [0.2, 0.25) is 0 Å². The number of hydrogen-bond donors (Lipinski definition) is 2. The number of carbonyl (C=O) groups is 1. The molecule has 1 unspecified atom stereocenters. The monoisotopic (exact) mass is 472 g/mol. The van der Waals surface area contributed by atoms with Crippen LogP contribution in [0.4, 0.5) is 4.79 Å². The number of hydrogen-bond acceptors (Lipinski definition) is 4. The average molecular weight is 472 g/mol. The zero-order chi connectivity index (χ0) is 17.3. The number of carbonyl (C=O) groups excluding carboxylic acids is 1. The Morgan fingerprint density at radius 2 is 2.04 bits per heavy atom. The predicted octanol–water partition coefficient (Wildman–Crippen LogP) is 2.92. The molecule has 0 bridgehead atoms. The van der Waals surface area contributed by atoms with Crippen LogP contribution in [0.5, 0.6) is 0 Å². The minimum absolute atomic E-state index is 0. The summed E-state index contributed by atoms with van der Waals surface area (Å²) in [6, 6.07) is 0.151. The molecular formula is C16H33IN4O2S. The van der Waals surface area contributed by atoms with Gasteiger partial charge in [-0.3, -0.25) is 4.99 Å². The highest BCUT2D eigenvalue weighted by Crippen LogP contribution is 2.20. The van der Waals surface area contributed by atoms with Crippen LogP contribution in [0, 0.1) is 0 Å². The van der Waals surface area contributed by atoms with Crippen molar-refractivity contribution in [3.05, 3.63) is 0 Å². The second-order valence-corrected chi connectivity index (χ2v) is 7.68. The number of rotatable bonds is 5. The minimum atomic E-state index is -0.456. The maximum Gasteiger partial charge on any atom is 0.410 e. The molecule has 1 heterocycles. The van der Waals surface area contributed by atoms with E-state index < -0.39 is 5.60 Å². The zero-order valence-corrected chi connectivity index (χ0v) is 18.7. The summed E-state index contributed by atoms with van der Waals surface area (Å²) in [6.45, 7) is 8.04. The van der Waals surface area contributed by atoms with Crippen LogP contribution in [0.15, 0.2) is 4.99 Å². The lowest BCUT2D eigenvalue weighted by molar-refractivity contribution is 0.0104. The second-order valence-electron chi connectivity index (χ2n) is 6.70. The summed E-state index contributed by atoms with van der Waals surface area (Å²) in [5, 5.41) is 6.60. The van der Waals surface area contributed by atoms with E-state index in [4.69, 9.17) is 4.74 Å². The fraction of sp³-hybridized carbons (Fsp3) is 0.875. The molecule has 1 rings (SSSR count). The molecule has 24 heavy (non-hydrogen) atoms. The SMILES string of the molecule is CN=C(NCCSC)NCC1CCCCN1C(=O)OC(C)(C)C.I. The summed E-state index contributed by atoms with van der Waals surface area (Å²) >= 11 is 1.80. The number of likely N-dealkylation sites (tertiary alicyclic amines) is 1. The van der Waals surface area contributed by atoms with Crippen molar-refractivity contribution in [3.8, 4) is 0 Å². The Morgan fingerprint density at radius 3 is 2.62 bits per heavy atom. The molecule has 0 aromatic heterocycles. The normalized spacial score (nSPS) is 18.6. The van der Waals surface area contributed by atoms with Gasteiger partial charge in [-0.1, -0.05) is 0 Å².